The highest BCUT2D eigenvalue weighted by Gasteiger charge is 2.21. The van der Waals surface area contributed by atoms with E-state index in [0.29, 0.717) is 18.4 Å². The molecule has 0 aromatic rings. The highest BCUT2D eigenvalue weighted by Crippen LogP contribution is 2.20. The molecule has 0 aromatic heterocycles. The highest BCUT2D eigenvalue weighted by molar-refractivity contribution is 6.21. The van der Waals surface area contributed by atoms with Crippen LogP contribution in [-0.2, 0) is 4.74 Å². The van der Waals surface area contributed by atoms with Crippen LogP contribution in [0.15, 0.2) is 0 Å². The average Bonchev–Trinajstić information content (AvgIpc) is 2.00. The second kappa shape index (κ2) is 5.22. The Hall–Kier alpha value is 0.540. The maximum absolute atomic E-state index is 5.68. The van der Waals surface area contributed by atoms with Crippen molar-refractivity contribution in [3.05, 3.63) is 0 Å². The molecule has 0 heterocycles. The Labute approximate surface area is 72.6 Å². The molecular formula is C7H14Cl2O. The molecule has 0 saturated carbocycles. The van der Waals surface area contributed by atoms with Crippen molar-refractivity contribution in [3.63, 3.8) is 0 Å². The van der Waals surface area contributed by atoms with Gasteiger partial charge in [0, 0.05) is 23.8 Å². The molecule has 0 rings (SSSR count). The SMILES string of the molecule is CCOCC(C)(CCl)CCl. The van der Waals surface area contributed by atoms with Crippen LogP contribution in [0.2, 0.25) is 0 Å². The van der Waals surface area contributed by atoms with Crippen molar-refractivity contribution in [1.82, 2.24) is 0 Å². The Bertz CT molecular complexity index is 81.7. The van der Waals surface area contributed by atoms with Crippen molar-refractivity contribution < 1.29 is 4.74 Å². The van der Waals surface area contributed by atoms with E-state index in [1.54, 1.807) is 0 Å². The summed E-state index contributed by atoms with van der Waals surface area (Å²) in [5.41, 5.74) is -0.0564. The van der Waals surface area contributed by atoms with Crippen molar-refractivity contribution in [2.45, 2.75) is 13.8 Å². The Morgan fingerprint density at radius 2 is 1.80 bits per heavy atom. The zero-order valence-corrected chi connectivity index (χ0v) is 8.00. The molecule has 0 aliphatic rings. The van der Waals surface area contributed by atoms with E-state index in [2.05, 4.69) is 0 Å². The number of ether oxygens (including phenoxy) is 1. The molecule has 0 aromatic carbocycles. The number of halogens is 2. The van der Waals surface area contributed by atoms with Gasteiger partial charge in [-0.15, -0.1) is 23.2 Å². The van der Waals surface area contributed by atoms with Crippen molar-refractivity contribution in [1.29, 1.82) is 0 Å². The molecule has 0 aliphatic carbocycles. The second-order valence-corrected chi connectivity index (χ2v) is 3.25. The molecule has 0 amide bonds. The fourth-order valence-electron chi connectivity index (χ4n) is 0.461. The van der Waals surface area contributed by atoms with Crippen LogP contribution in [0.1, 0.15) is 13.8 Å². The third kappa shape index (κ3) is 3.65. The molecule has 0 spiro atoms. The van der Waals surface area contributed by atoms with E-state index in [9.17, 15) is 0 Å². The van der Waals surface area contributed by atoms with Gasteiger partial charge in [-0.05, 0) is 6.92 Å². The van der Waals surface area contributed by atoms with Crippen LogP contribution in [0.5, 0.6) is 0 Å². The van der Waals surface area contributed by atoms with E-state index in [-0.39, 0.29) is 5.41 Å². The fraction of sp³-hybridized carbons (Fsp3) is 1.00. The summed E-state index contributed by atoms with van der Waals surface area (Å²) in [6.07, 6.45) is 0. The van der Waals surface area contributed by atoms with Gasteiger partial charge in [0.15, 0.2) is 0 Å². The molecule has 0 aliphatic heterocycles. The van der Waals surface area contributed by atoms with Crippen LogP contribution in [0.4, 0.5) is 0 Å². The first-order valence-corrected chi connectivity index (χ1v) is 4.45. The van der Waals surface area contributed by atoms with Crippen LogP contribution in [-0.4, -0.2) is 25.0 Å². The van der Waals surface area contributed by atoms with Gasteiger partial charge in [-0.2, -0.15) is 0 Å². The summed E-state index contributed by atoms with van der Waals surface area (Å²) in [6, 6.07) is 0. The molecule has 0 atom stereocenters. The van der Waals surface area contributed by atoms with Gasteiger partial charge in [0.1, 0.15) is 0 Å². The first-order valence-electron chi connectivity index (χ1n) is 3.38. The fourth-order valence-corrected chi connectivity index (χ4v) is 0.901. The minimum Gasteiger partial charge on any atom is -0.381 e. The first-order chi connectivity index (χ1) is 4.68. The molecule has 62 valence electrons. The smallest absolute Gasteiger partial charge is 0.0542 e. The Morgan fingerprint density at radius 1 is 1.30 bits per heavy atom. The summed E-state index contributed by atoms with van der Waals surface area (Å²) in [6.45, 7) is 5.35. The maximum atomic E-state index is 5.68. The number of hydrogen-bond donors (Lipinski definition) is 0. The van der Waals surface area contributed by atoms with E-state index in [1.165, 1.54) is 0 Å². The second-order valence-electron chi connectivity index (χ2n) is 2.72. The summed E-state index contributed by atoms with van der Waals surface area (Å²) in [4.78, 5) is 0. The predicted molar refractivity (Wildman–Crippen MR) is 46.0 cm³/mol. The number of rotatable bonds is 5. The van der Waals surface area contributed by atoms with Crippen molar-refractivity contribution in [2.75, 3.05) is 25.0 Å². The Kier molecular flexibility index (Phi) is 5.51. The summed E-state index contributed by atoms with van der Waals surface area (Å²) in [5, 5.41) is 0. The molecule has 3 heteroatoms. The molecule has 0 fully saturated rings. The molecule has 0 N–H and O–H groups in total. The van der Waals surface area contributed by atoms with Crippen molar-refractivity contribution in [2.24, 2.45) is 5.41 Å². The topological polar surface area (TPSA) is 9.23 Å². The van der Waals surface area contributed by atoms with E-state index in [1.807, 2.05) is 13.8 Å². The van der Waals surface area contributed by atoms with Crippen LogP contribution >= 0.6 is 23.2 Å². The molecule has 1 nitrogen and oxygen atoms in total. The molecule has 0 unspecified atom stereocenters. The van der Waals surface area contributed by atoms with E-state index >= 15 is 0 Å². The molecule has 0 saturated heterocycles. The van der Waals surface area contributed by atoms with Gasteiger partial charge in [0.2, 0.25) is 0 Å². The highest BCUT2D eigenvalue weighted by atomic mass is 35.5. The van der Waals surface area contributed by atoms with E-state index < -0.39 is 0 Å². The quantitative estimate of drug-likeness (QED) is 0.598. The molecule has 0 bridgehead atoms. The van der Waals surface area contributed by atoms with Gasteiger partial charge in [-0.3, -0.25) is 0 Å². The minimum absolute atomic E-state index is 0.0564. The number of alkyl halides is 2. The van der Waals surface area contributed by atoms with Gasteiger partial charge >= 0.3 is 0 Å². The lowest BCUT2D eigenvalue weighted by atomic mass is 9.98. The lowest BCUT2D eigenvalue weighted by molar-refractivity contribution is 0.0838. The molecule has 10 heavy (non-hydrogen) atoms. The van der Waals surface area contributed by atoms with Gasteiger partial charge in [-0.1, -0.05) is 6.92 Å². The van der Waals surface area contributed by atoms with Gasteiger partial charge in [0.05, 0.1) is 6.61 Å². The zero-order chi connectivity index (χ0) is 8.04. The summed E-state index contributed by atoms with van der Waals surface area (Å²) in [5.74, 6) is 1.10. The Morgan fingerprint density at radius 3 is 2.10 bits per heavy atom. The summed E-state index contributed by atoms with van der Waals surface area (Å²) >= 11 is 11.4. The number of hydrogen-bond acceptors (Lipinski definition) is 1. The standard InChI is InChI=1S/C7H14Cl2O/c1-3-10-6-7(2,4-8)5-9/h3-6H2,1-2H3. The minimum atomic E-state index is -0.0564. The average molecular weight is 185 g/mol. The van der Waals surface area contributed by atoms with E-state index in [4.69, 9.17) is 27.9 Å². The largest absolute Gasteiger partial charge is 0.381 e. The van der Waals surface area contributed by atoms with Crippen molar-refractivity contribution >= 4 is 23.2 Å². The summed E-state index contributed by atoms with van der Waals surface area (Å²) < 4.78 is 5.21. The first kappa shape index (κ1) is 10.5. The third-order valence-corrected chi connectivity index (χ3v) is 2.59. The van der Waals surface area contributed by atoms with Gasteiger partial charge < -0.3 is 4.74 Å². The molecular weight excluding hydrogens is 171 g/mol. The Balaban J connectivity index is 3.58. The van der Waals surface area contributed by atoms with Crippen LogP contribution in [0.25, 0.3) is 0 Å². The zero-order valence-electron chi connectivity index (χ0n) is 6.49. The predicted octanol–water partition coefficient (Wildman–Crippen LogP) is 2.51. The molecule has 0 radical (unpaired) electrons. The monoisotopic (exact) mass is 184 g/mol. The lowest BCUT2D eigenvalue weighted by Crippen LogP contribution is -2.27. The summed E-state index contributed by atoms with van der Waals surface area (Å²) in [7, 11) is 0. The maximum Gasteiger partial charge on any atom is 0.0542 e. The van der Waals surface area contributed by atoms with Crippen LogP contribution in [0.3, 0.4) is 0 Å². The lowest BCUT2D eigenvalue weighted by Gasteiger charge is -2.23. The van der Waals surface area contributed by atoms with Gasteiger partial charge in [-0.25, -0.2) is 0 Å². The van der Waals surface area contributed by atoms with Crippen LogP contribution in [0, 0.1) is 5.41 Å². The van der Waals surface area contributed by atoms with Crippen molar-refractivity contribution in [3.8, 4) is 0 Å². The van der Waals surface area contributed by atoms with E-state index in [0.717, 1.165) is 6.61 Å². The normalized spacial score (nSPS) is 12.0. The van der Waals surface area contributed by atoms with Gasteiger partial charge in [0.25, 0.3) is 0 Å². The third-order valence-electron chi connectivity index (χ3n) is 1.30. The van der Waals surface area contributed by atoms with Crippen LogP contribution < -0.4 is 0 Å².